The van der Waals surface area contributed by atoms with E-state index in [4.69, 9.17) is 0 Å². The molecule has 2 aliphatic rings. The first kappa shape index (κ1) is 48.8. The van der Waals surface area contributed by atoms with Gasteiger partial charge in [0.05, 0.1) is 23.6 Å². The molecule has 2 aliphatic heterocycles. The normalized spacial score (nSPS) is 13.1. The molecule has 1 atom stereocenters. The first-order valence-corrected chi connectivity index (χ1v) is 21.9. The Bertz CT molecular complexity index is 2930. The number of unbranched alkanes of at least 4 members (excludes halogenated alkanes) is 1. The zero-order valence-corrected chi connectivity index (χ0v) is 37.8. The number of hydrogen-bond donors (Lipinski definition) is 6. The van der Waals surface area contributed by atoms with Crippen molar-refractivity contribution in [3.05, 3.63) is 155 Å². The lowest BCUT2D eigenvalue weighted by atomic mass is 9.96. The zero-order valence-electron chi connectivity index (χ0n) is 37.8. The molecule has 0 saturated carbocycles. The molecule has 69 heavy (non-hydrogen) atoms. The third-order valence-electron chi connectivity index (χ3n) is 11.4. The molecular weight excluding hydrogens is 895 g/mol. The van der Waals surface area contributed by atoms with Crippen LogP contribution in [0.3, 0.4) is 0 Å². The van der Waals surface area contributed by atoms with E-state index in [0.29, 0.717) is 48.5 Å². The van der Waals surface area contributed by atoms with E-state index in [0.717, 1.165) is 46.9 Å². The van der Waals surface area contributed by atoms with Crippen molar-refractivity contribution in [2.45, 2.75) is 65.1 Å². The van der Waals surface area contributed by atoms with Gasteiger partial charge in [0.25, 0.3) is 11.8 Å². The van der Waals surface area contributed by atoms with Crippen molar-refractivity contribution in [2.24, 2.45) is 0 Å². The van der Waals surface area contributed by atoms with Gasteiger partial charge in [0, 0.05) is 77.2 Å². The highest BCUT2D eigenvalue weighted by Crippen LogP contribution is 2.31. The molecule has 5 aromatic rings. The Kier molecular flexibility index (Phi) is 15.0. The topological polar surface area (TPSA) is 191 Å². The number of rotatable bonds is 18. The van der Waals surface area contributed by atoms with Gasteiger partial charge in [-0.15, -0.1) is 0 Å². The number of nitrogens with one attached hydrogen (secondary N) is 6. The van der Waals surface area contributed by atoms with E-state index in [1.807, 2.05) is 38.1 Å². The second kappa shape index (κ2) is 21.2. The van der Waals surface area contributed by atoms with Crippen molar-refractivity contribution in [1.82, 2.24) is 25.1 Å². The monoisotopic (exact) mass is 943 g/mol. The van der Waals surface area contributed by atoms with E-state index in [-0.39, 0.29) is 47.2 Å². The molecule has 354 valence electrons. The van der Waals surface area contributed by atoms with Crippen LogP contribution in [0.25, 0.3) is 6.08 Å². The molecule has 6 N–H and O–H groups in total. The quantitative estimate of drug-likeness (QED) is 0.0220. The van der Waals surface area contributed by atoms with Crippen molar-refractivity contribution < 1.29 is 45.9 Å². The molecule has 0 saturated heterocycles. The van der Waals surface area contributed by atoms with Crippen molar-refractivity contribution >= 4 is 77.3 Å². The average molecular weight is 944 g/mol. The van der Waals surface area contributed by atoms with Crippen LogP contribution in [0.1, 0.15) is 80.9 Å². The summed E-state index contributed by atoms with van der Waals surface area (Å²) >= 11 is 0. The molecule has 0 radical (unpaired) electrons. The van der Waals surface area contributed by atoms with Gasteiger partial charge in [-0.3, -0.25) is 28.5 Å². The number of carbonyl (C=O) groups is 5. The average Bonchev–Trinajstić information content (AvgIpc) is 3.87. The SMILES string of the molecule is C=CC(=O)N[C@@H](CCCCNC(=O)CCC1=[N+]2B(F)n3c(C)cc(C)c3C=C2C=C1)C(=O)Nc1cccc(Nc2ncc(NC(=O)c3cc(NC(=O)c4cccc(C(F)(F)F)c4)ccc3C)cn2)c1. The number of alkyl halides is 3. The van der Waals surface area contributed by atoms with Crippen LogP contribution in [0.4, 0.5) is 46.2 Å². The number of carbonyl (C=O) groups excluding carboxylic acids is 5. The molecule has 0 fully saturated rings. The largest absolute Gasteiger partial charge is 0.846 e. The summed E-state index contributed by atoms with van der Waals surface area (Å²) in [4.78, 5) is 73.0. The summed E-state index contributed by atoms with van der Waals surface area (Å²) in [7, 11) is -1.40. The maximum absolute atomic E-state index is 15.7. The molecule has 5 amide bonds. The number of aryl methyl sites for hydroxylation is 3. The molecule has 20 heteroatoms. The minimum atomic E-state index is -4.62. The molecule has 15 nitrogen and oxygen atoms in total. The summed E-state index contributed by atoms with van der Waals surface area (Å²) in [6, 6.07) is 16.2. The molecule has 0 bridgehead atoms. The van der Waals surface area contributed by atoms with Crippen LogP contribution >= 0.6 is 0 Å². The second-order valence-electron chi connectivity index (χ2n) is 16.4. The fraction of sp³-hybridized carbons (Fsp3) is 0.224. The number of halogens is 4. The van der Waals surface area contributed by atoms with Crippen LogP contribution in [0, 0.1) is 20.8 Å². The van der Waals surface area contributed by atoms with E-state index in [1.165, 1.54) is 30.6 Å². The lowest BCUT2D eigenvalue weighted by molar-refractivity contribution is -0.335. The predicted octanol–water partition coefficient (Wildman–Crippen LogP) is 8.03. The molecule has 0 spiro atoms. The van der Waals surface area contributed by atoms with E-state index < -0.39 is 48.7 Å². The zero-order chi connectivity index (χ0) is 49.4. The van der Waals surface area contributed by atoms with Gasteiger partial charge < -0.3 is 31.9 Å². The minimum Gasteiger partial charge on any atom is -0.356 e. The lowest BCUT2D eigenvalue weighted by Gasteiger charge is -2.18. The smallest absolute Gasteiger partial charge is 0.356 e. The van der Waals surface area contributed by atoms with Gasteiger partial charge in [-0.05, 0) is 112 Å². The van der Waals surface area contributed by atoms with Gasteiger partial charge in [0.2, 0.25) is 23.7 Å². The standard InChI is InChI=1S/C49H47BF4N10O5/c1-5-43(65)62-41(14-6-7-21-55-44(66)20-19-38-17-18-39-26-42-30(3)22-31(4)63(42)50(54)64(38)39)47(69)59-34-12-9-13-35(24-34)61-48-56-27-37(28-57-48)60-46(68)40-25-36(16-15-29(40)2)58-45(67)32-10-8-11-33(23-32)49(51,52)53/h5,8-13,15-18,22-28,41H,1,6-7,14,19-21H2,2-4H3,(H5-,55,56,57,58,59,60,61,62,65,66,67,68,69)/p+1/t41-/m0/s1. The third-order valence-corrected chi connectivity index (χ3v) is 11.4. The Hall–Kier alpha value is -8.16. The Balaban J connectivity index is 0.870. The summed E-state index contributed by atoms with van der Waals surface area (Å²) in [6.07, 6.45) is 6.64. The van der Waals surface area contributed by atoms with Gasteiger partial charge in [-0.2, -0.15) is 13.2 Å². The van der Waals surface area contributed by atoms with Crippen molar-refractivity contribution in [2.75, 3.05) is 27.8 Å². The number of amides is 5. The first-order valence-electron chi connectivity index (χ1n) is 21.9. The fourth-order valence-corrected chi connectivity index (χ4v) is 7.85. The van der Waals surface area contributed by atoms with Gasteiger partial charge in [0.1, 0.15) is 6.04 Å². The Morgan fingerprint density at radius 1 is 0.826 bits per heavy atom. The predicted molar refractivity (Wildman–Crippen MR) is 256 cm³/mol. The number of anilines is 5. The summed E-state index contributed by atoms with van der Waals surface area (Å²) in [5.41, 5.74) is 5.04. The highest BCUT2D eigenvalue weighted by molar-refractivity contribution is 6.43. The molecule has 3 aromatic carbocycles. The summed E-state index contributed by atoms with van der Waals surface area (Å²) < 4.78 is 58.4. The van der Waals surface area contributed by atoms with Crippen LogP contribution in [-0.2, 0) is 20.6 Å². The number of aromatic nitrogens is 3. The van der Waals surface area contributed by atoms with Crippen molar-refractivity contribution in [3.63, 3.8) is 0 Å². The Labute approximate surface area is 395 Å². The van der Waals surface area contributed by atoms with E-state index in [2.05, 4.69) is 48.4 Å². The number of fused-ring (bicyclic) bond motifs is 2. The fourth-order valence-electron chi connectivity index (χ4n) is 7.85. The van der Waals surface area contributed by atoms with Gasteiger partial charge in [0.15, 0.2) is 11.4 Å². The van der Waals surface area contributed by atoms with Crippen LogP contribution in [-0.4, -0.2) is 74.0 Å². The highest BCUT2D eigenvalue weighted by atomic mass is 19.4. The van der Waals surface area contributed by atoms with Crippen molar-refractivity contribution in [3.8, 4) is 0 Å². The Morgan fingerprint density at radius 3 is 2.30 bits per heavy atom. The van der Waals surface area contributed by atoms with E-state index >= 15 is 4.32 Å². The summed E-state index contributed by atoms with van der Waals surface area (Å²) in [6.45, 7) is 9.33. The maximum atomic E-state index is 15.7. The Morgan fingerprint density at radius 2 is 1.55 bits per heavy atom. The van der Waals surface area contributed by atoms with Gasteiger partial charge in [-0.25, -0.2) is 18.8 Å². The number of nitrogens with zero attached hydrogens (tertiary/aromatic N) is 4. The van der Waals surface area contributed by atoms with Crippen LogP contribution in [0.15, 0.2) is 116 Å². The van der Waals surface area contributed by atoms with Crippen LogP contribution < -0.4 is 31.9 Å². The summed E-state index contributed by atoms with van der Waals surface area (Å²) in [5, 5.41) is 16.6. The van der Waals surface area contributed by atoms with Crippen LogP contribution in [0.5, 0.6) is 0 Å². The molecular formula is C49H48BF4N10O5+. The van der Waals surface area contributed by atoms with Crippen molar-refractivity contribution in [1.29, 1.82) is 0 Å². The number of hydrogen-bond acceptors (Lipinski definition) is 8. The van der Waals surface area contributed by atoms with E-state index in [1.54, 1.807) is 46.2 Å². The molecule has 2 aromatic heterocycles. The number of benzene rings is 3. The second-order valence-corrected chi connectivity index (χ2v) is 16.4. The summed E-state index contributed by atoms with van der Waals surface area (Å²) in [5.74, 6) is -2.37. The van der Waals surface area contributed by atoms with Gasteiger partial charge in [-0.1, -0.05) is 24.8 Å². The highest BCUT2D eigenvalue weighted by Gasteiger charge is 2.47. The maximum Gasteiger partial charge on any atom is 0.846 e. The van der Waals surface area contributed by atoms with E-state index in [9.17, 15) is 37.1 Å². The molecule has 4 heterocycles. The molecule has 0 unspecified atom stereocenters. The minimum absolute atomic E-state index is 0.159. The van der Waals surface area contributed by atoms with Gasteiger partial charge >= 0.3 is 13.4 Å². The third kappa shape index (κ3) is 12.1. The van der Waals surface area contributed by atoms with Crippen LogP contribution in [0.2, 0.25) is 0 Å². The number of allylic oxidation sites excluding steroid dienone is 2. The first-order chi connectivity index (χ1) is 33.0. The molecule has 0 aliphatic carbocycles. The molecule has 7 rings (SSSR count). The lowest BCUT2D eigenvalue weighted by Crippen LogP contribution is -2.43.